The Bertz CT molecular complexity index is 492. The maximum Gasteiger partial charge on any atom is 0.305 e. The molecule has 0 aromatic carbocycles. The molecule has 0 radical (unpaired) electrons. The summed E-state index contributed by atoms with van der Waals surface area (Å²) in [4.78, 5) is 36.1. The van der Waals surface area contributed by atoms with Crippen LogP contribution in [0.15, 0.2) is 12.1 Å². The van der Waals surface area contributed by atoms with Crippen molar-refractivity contribution in [3.05, 3.63) is 22.8 Å². The van der Waals surface area contributed by atoms with Crippen molar-refractivity contribution in [1.82, 2.24) is 4.98 Å². The number of hydrogen-bond donors (Lipinski definition) is 3. The second kappa shape index (κ2) is 5.97. The number of primary amides is 1. The normalized spacial score (nSPS) is 11.6. The maximum atomic E-state index is 11.1. The first kappa shape index (κ1) is 13.9. The fraction of sp³-hybridized carbons (Fsp3) is 0.200. The summed E-state index contributed by atoms with van der Waals surface area (Å²) in [5.74, 6) is -1.95. The highest BCUT2D eigenvalue weighted by molar-refractivity contribution is 6.29. The summed E-state index contributed by atoms with van der Waals surface area (Å²) in [7, 11) is 0. The Morgan fingerprint density at radius 3 is 2.72 bits per heavy atom. The van der Waals surface area contributed by atoms with Crippen molar-refractivity contribution < 1.29 is 19.5 Å². The highest BCUT2D eigenvalue weighted by atomic mass is 35.5. The fourth-order valence-electron chi connectivity index (χ4n) is 1.24. The van der Waals surface area contributed by atoms with Crippen LogP contribution in [0.2, 0.25) is 5.15 Å². The van der Waals surface area contributed by atoms with Gasteiger partial charge in [0.05, 0.1) is 18.0 Å². The standard InChI is InChI=1S/C10H10ClN3O4/c11-7-2-1-6(9(12)18)10(14-7)13-5(4-15)3-8(16)17/h1-2,4-5H,3H2,(H2,12,18)(H,13,14)(H,16,17). The minimum absolute atomic E-state index is 0.0200. The van der Waals surface area contributed by atoms with Crippen LogP contribution in [0.1, 0.15) is 16.8 Å². The van der Waals surface area contributed by atoms with Crippen LogP contribution in [0.25, 0.3) is 0 Å². The lowest BCUT2D eigenvalue weighted by atomic mass is 10.2. The van der Waals surface area contributed by atoms with E-state index in [1.165, 1.54) is 12.1 Å². The molecule has 0 fully saturated rings. The van der Waals surface area contributed by atoms with Crippen LogP contribution in [0.3, 0.4) is 0 Å². The molecule has 8 heteroatoms. The Hall–Kier alpha value is -2.15. The van der Waals surface area contributed by atoms with Crippen molar-refractivity contribution in [3.8, 4) is 0 Å². The summed E-state index contributed by atoms with van der Waals surface area (Å²) in [6, 6.07) is 1.68. The van der Waals surface area contributed by atoms with Gasteiger partial charge < -0.3 is 21.0 Å². The van der Waals surface area contributed by atoms with Gasteiger partial charge >= 0.3 is 5.97 Å². The van der Waals surface area contributed by atoms with Gasteiger partial charge in [-0.2, -0.15) is 0 Å². The van der Waals surface area contributed by atoms with Gasteiger partial charge in [0, 0.05) is 0 Å². The number of nitrogens with two attached hydrogens (primary N) is 1. The number of anilines is 1. The van der Waals surface area contributed by atoms with Gasteiger partial charge in [-0.15, -0.1) is 0 Å². The van der Waals surface area contributed by atoms with E-state index in [1.54, 1.807) is 0 Å². The summed E-state index contributed by atoms with van der Waals surface area (Å²) < 4.78 is 0. The van der Waals surface area contributed by atoms with Crippen molar-refractivity contribution in [1.29, 1.82) is 0 Å². The molecule has 1 rings (SSSR count). The van der Waals surface area contributed by atoms with E-state index in [0.717, 1.165) is 0 Å². The number of nitrogens with zero attached hydrogens (tertiary/aromatic N) is 1. The molecule has 96 valence electrons. The number of carbonyl (C=O) groups excluding carboxylic acids is 2. The molecule has 0 bridgehead atoms. The highest BCUT2D eigenvalue weighted by Crippen LogP contribution is 2.17. The molecule has 0 aliphatic heterocycles. The number of halogens is 1. The second-order valence-electron chi connectivity index (χ2n) is 3.38. The van der Waals surface area contributed by atoms with Crippen molar-refractivity contribution in [2.45, 2.75) is 12.5 Å². The van der Waals surface area contributed by atoms with E-state index in [0.29, 0.717) is 6.29 Å². The van der Waals surface area contributed by atoms with Gasteiger partial charge in [-0.25, -0.2) is 4.98 Å². The van der Waals surface area contributed by atoms with E-state index in [4.69, 9.17) is 22.4 Å². The summed E-state index contributed by atoms with van der Waals surface area (Å²) in [5, 5.41) is 11.2. The number of rotatable bonds is 6. The fourth-order valence-corrected chi connectivity index (χ4v) is 1.39. The zero-order valence-electron chi connectivity index (χ0n) is 9.09. The third kappa shape index (κ3) is 3.70. The molecule has 1 atom stereocenters. The van der Waals surface area contributed by atoms with E-state index in [9.17, 15) is 14.4 Å². The van der Waals surface area contributed by atoms with E-state index >= 15 is 0 Å². The average molecular weight is 272 g/mol. The van der Waals surface area contributed by atoms with E-state index in [1.807, 2.05) is 0 Å². The summed E-state index contributed by atoms with van der Waals surface area (Å²) in [5.41, 5.74) is 5.14. The lowest BCUT2D eigenvalue weighted by molar-refractivity contribution is -0.138. The van der Waals surface area contributed by atoms with Gasteiger partial charge in [0.2, 0.25) is 0 Å². The molecule has 7 nitrogen and oxygen atoms in total. The molecule has 0 aliphatic carbocycles. The van der Waals surface area contributed by atoms with Gasteiger partial charge in [-0.3, -0.25) is 9.59 Å². The third-order valence-corrected chi connectivity index (χ3v) is 2.22. The molecule has 0 saturated heterocycles. The van der Waals surface area contributed by atoms with Crippen molar-refractivity contribution in [3.63, 3.8) is 0 Å². The Morgan fingerprint density at radius 2 is 2.22 bits per heavy atom. The number of nitrogens with one attached hydrogen (secondary N) is 1. The molecule has 0 aliphatic rings. The van der Waals surface area contributed by atoms with Gasteiger partial charge in [0.1, 0.15) is 17.3 Å². The second-order valence-corrected chi connectivity index (χ2v) is 3.77. The number of aliphatic carboxylic acids is 1. The molecular formula is C10H10ClN3O4. The molecule has 0 spiro atoms. The first-order chi connectivity index (χ1) is 8.43. The van der Waals surface area contributed by atoms with Gasteiger partial charge in [0.25, 0.3) is 5.91 Å². The Balaban J connectivity index is 3.00. The van der Waals surface area contributed by atoms with Crippen molar-refractivity contribution >= 4 is 35.6 Å². The van der Waals surface area contributed by atoms with E-state index < -0.39 is 24.3 Å². The number of aldehydes is 1. The molecule has 18 heavy (non-hydrogen) atoms. The van der Waals surface area contributed by atoms with Crippen LogP contribution in [0.4, 0.5) is 5.82 Å². The molecule has 4 N–H and O–H groups in total. The number of hydrogen-bond acceptors (Lipinski definition) is 5. The lowest BCUT2D eigenvalue weighted by Crippen LogP contribution is -2.27. The summed E-state index contributed by atoms with van der Waals surface area (Å²) in [6.45, 7) is 0. The molecule has 1 unspecified atom stereocenters. The number of carbonyl (C=O) groups is 3. The van der Waals surface area contributed by atoms with Crippen LogP contribution in [0.5, 0.6) is 0 Å². The first-order valence-corrected chi connectivity index (χ1v) is 5.21. The SMILES string of the molecule is NC(=O)c1ccc(Cl)nc1NC(C=O)CC(=O)O. The quantitative estimate of drug-likeness (QED) is 0.505. The smallest absolute Gasteiger partial charge is 0.305 e. The largest absolute Gasteiger partial charge is 0.481 e. The number of carboxylic acid groups (broad SMARTS) is 1. The minimum atomic E-state index is -1.16. The average Bonchev–Trinajstić information content (AvgIpc) is 2.27. The Morgan fingerprint density at radius 1 is 1.56 bits per heavy atom. The maximum absolute atomic E-state index is 11.1. The third-order valence-electron chi connectivity index (χ3n) is 2.01. The van der Waals surface area contributed by atoms with Crippen molar-refractivity contribution in [2.24, 2.45) is 5.73 Å². The predicted octanol–water partition coefficient (Wildman–Crippen LogP) is 0.288. The van der Waals surface area contributed by atoms with Gasteiger partial charge in [0.15, 0.2) is 0 Å². The summed E-state index contributed by atoms with van der Waals surface area (Å²) >= 11 is 5.65. The zero-order chi connectivity index (χ0) is 13.7. The Labute approximate surface area is 107 Å². The number of aromatic nitrogens is 1. The van der Waals surface area contributed by atoms with Gasteiger partial charge in [-0.05, 0) is 12.1 Å². The van der Waals surface area contributed by atoms with Crippen LogP contribution in [0, 0.1) is 0 Å². The molecule has 1 aromatic heterocycles. The van der Waals surface area contributed by atoms with Crippen LogP contribution < -0.4 is 11.1 Å². The van der Waals surface area contributed by atoms with Crippen LogP contribution in [-0.4, -0.2) is 34.3 Å². The van der Waals surface area contributed by atoms with Gasteiger partial charge in [-0.1, -0.05) is 11.6 Å². The highest BCUT2D eigenvalue weighted by Gasteiger charge is 2.17. The Kier molecular flexibility index (Phi) is 4.61. The monoisotopic (exact) mass is 271 g/mol. The molecule has 1 aromatic rings. The predicted molar refractivity (Wildman–Crippen MR) is 63.5 cm³/mol. The first-order valence-electron chi connectivity index (χ1n) is 4.84. The number of amides is 1. The molecule has 1 amide bonds. The van der Waals surface area contributed by atoms with E-state index in [2.05, 4.69) is 10.3 Å². The lowest BCUT2D eigenvalue weighted by Gasteiger charge is -2.13. The van der Waals surface area contributed by atoms with Crippen LogP contribution >= 0.6 is 11.6 Å². The molecular weight excluding hydrogens is 262 g/mol. The van der Waals surface area contributed by atoms with Crippen molar-refractivity contribution in [2.75, 3.05) is 5.32 Å². The number of pyridine rings is 1. The summed E-state index contributed by atoms with van der Waals surface area (Å²) in [6.07, 6.45) is -0.0443. The number of carboxylic acids is 1. The van der Waals surface area contributed by atoms with E-state index in [-0.39, 0.29) is 16.5 Å². The molecule has 0 saturated carbocycles. The minimum Gasteiger partial charge on any atom is -0.481 e. The molecule has 1 heterocycles. The zero-order valence-corrected chi connectivity index (χ0v) is 9.85. The topological polar surface area (TPSA) is 122 Å². The van der Waals surface area contributed by atoms with Crippen LogP contribution in [-0.2, 0) is 9.59 Å².